The summed E-state index contributed by atoms with van der Waals surface area (Å²) in [6, 6.07) is 12.0. The molecule has 0 fully saturated rings. The molecule has 0 saturated heterocycles. The molecule has 24 heavy (non-hydrogen) atoms. The highest BCUT2D eigenvalue weighted by Crippen LogP contribution is 2.32. The average Bonchev–Trinajstić information content (AvgIpc) is 2.90. The van der Waals surface area contributed by atoms with E-state index in [4.69, 9.17) is 9.47 Å². The van der Waals surface area contributed by atoms with E-state index in [1.54, 1.807) is 25.3 Å². The van der Waals surface area contributed by atoms with E-state index in [0.29, 0.717) is 23.6 Å². The molecule has 3 rings (SSSR count). The molecular formula is C18H20N2O4. The van der Waals surface area contributed by atoms with Crippen LogP contribution in [0.3, 0.4) is 0 Å². The van der Waals surface area contributed by atoms with Gasteiger partial charge in [0.1, 0.15) is 0 Å². The van der Waals surface area contributed by atoms with Crippen molar-refractivity contribution in [2.45, 2.75) is 18.6 Å². The van der Waals surface area contributed by atoms with Gasteiger partial charge in [-0.2, -0.15) is 0 Å². The van der Waals surface area contributed by atoms with Crippen molar-refractivity contribution in [3.05, 3.63) is 53.6 Å². The molecule has 0 aromatic heterocycles. The summed E-state index contributed by atoms with van der Waals surface area (Å²) in [6.07, 6.45) is -0.0872. The number of fused-ring (bicyclic) bond motifs is 1. The van der Waals surface area contributed by atoms with Crippen molar-refractivity contribution >= 4 is 11.7 Å². The monoisotopic (exact) mass is 328 g/mol. The quantitative estimate of drug-likeness (QED) is 0.805. The Balaban J connectivity index is 1.70. The third kappa shape index (κ3) is 3.14. The summed E-state index contributed by atoms with van der Waals surface area (Å²) in [5.74, 6) is 1.12. The van der Waals surface area contributed by atoms with Gasteiger partial charge in [0.25, 0.3) is 0 Å². The Morgan fingerprint density at radius 2 is 1.88 bits per heavy atom. The summed E-state index contributed by atoms with van der Waals surface area (Å²) >= 11 is 0. The van der Waals surface area contributed by atoms with Crippen molar-refractivity contribution in [1.82, 2.24) is 5.32 Å². The summed E-state index contributed by atoms with van der Waals surface area (Å²) in [5.41, 5.74) is 2.58. The highest BCUT2D eigenvalue weighted by atomic mass is 16.5. The van der Waals surface area contributed by atoms with Crippen LogP contribution in [0.15, 0.2) is 42.5 Å². The predicted octanol–water partition coefficient (Wildman–Crippen LogP) is 2.48. The zero-order valence-corrected chi connectivity index (χ0v) is 13.6. The van der Waals surface area contributed by atoms with Crippen LogP contribution in [0.4, 0.5) is 10.5 Å². The summed E-state index contributed by atoms with van der Waals surface area (Å²) in [7, 11) is 3.09. The van der Waals surface area contributed by atoms with E-state index in [1.165, 1.54) is 7.11 Å². The van der Waals surface area contributed by atoms with Gasteiger partial charge < -0.3 is 25.2 Å². The maximum absolute atomic E-state index is 12.3. The molecule has 6 nitrogen and oxygen atoms in total. The fourth-order valence-electron chi connectivity index (χ4n) is 2.97. The van der Waals surface area contributed by atoms with Crippen LogP contribution in [0.25, 0.3) is 0 Å². The second-order valence-electron chi connectivity index (χ2n) is 5.62. The first kappa shape index (κ1) is 16.1. The number of hydrogen-bond donors (Lipinski definition) is 3. The van der Waals surface area contributed by atoms with Crippen LogP contribution in [0, 0.1) is 0 Å². The fourth-order valence-corrected chi connectivity index (χ4v) is 2.97. The number of hydrogen-bond acceptors (Lipinski definition) is 4. The Morgan fingerprint density at radius 3 is 2.62 bits per heavy atom. The summed E-state index contributed by atoms with van der Waals surface area (Å²) in [5, 5.41) is 15.8. The van der Waals surface area contributed by atoms with Crippen LogP contribution < -0.4 is 20.1 Å². The second-order valence-corrected chi connectivity index (χ2v) is 5.62. The molecule has 2 aromatic rings. The molecule has 3 N–H and O–H groups in total. The minimum atomic E-state index is -0.626. The van der Waals surface area contributed by atoms with E-state index >= 15 is 0 Å². The van der Waals surface area contributed by atoms with Crippen LogP contribution in [0.5, 0.6) is 11.5 Å². The molecule has 1 aliphatic carbocycles. The lowest BCUT2D eigenvalue weighted by molar-refractivity contribution is 0.144. The molecule has 2 atom stereocenters. The predicted molar refractivity (Wildman–Crippen MR) is 90.6 cm³/mol. The van der Waals surface area contributed by atoms with Crippen molar-refractivity contribution in [3.8, 4) is 11.5 Å². The number of carbonyl (C=O) groups excluding carboxylic acids is 1. The third-order valence-corrected chi connectivity index (χ3v) is 4.13. The smallest absolute Gasteiger partial charge is 0.319 e. The van der Waals surface area contributed by atoms with Gasteiger partial charge in [0.15, 0.2) is 11.5 Å². The van der Waals surface area contributed by atoms with Gasteiger partial charge in [-0.1, -0.05) is 24.3 Å². The molecule has 0 radical (unpaired) electrons. The molecule has 0 heterocycles. The Labute approximate surface area is 140 Å². The SMILES string of the molecule is COc1ccc(NC(=O)N[C@@H]2c3ccccc3C[C@@H]2O)cc1OC. The van der Waals surface area contributed by atoms with Gasteiger partial charge >= 0.3 is 6.03 Å². The van der Waals surface area contributed by atoms with Crippen LogP contribution in [0.1, 0.15) is 17.2 Å². The molecule has 6 heteroatoms. The lowest BCUT2D eigenvalue weighted by Crippen LogP contribution is -2.36. The van der Waals surface area contributed by atoms with Crippen LogP contribution in [-0.4, -0.2) is 31.5 Å². The number of amides is 2. The molecule has 0 bridgehead atoms. The minimum Gasteiger partial charge on any atom is -0.493 e. The fraction of sp³-hybridized carbons (Fsp3) is 0.278. The Kier molecular flexibility index (Phi) is 4.57. The van der Waals surface area contributed by atoms with Crippen molar-refractivity contribution in [2.24, 2.45) is 0 Å². The zero-order valence-electron chi connectivity index (χ0n) is 13.6. The number of methoxy groups -OCH3 is 2. The zero-order chi connectivity index (χ0) is 17.1. The number of rotatable bonds is 4. The van der Waals surface area contributed by atoms with E-state index in [2.05, 4.69) is 10.6 Å². The summed E-state index contributed by atoms with van der Waals surface area (Å²) < 4.78 is 10.4. The van der Waals surface area contributed by atoms with E-state index in [0.717, 1.165) is 11.1 Å². The standard InChI is InChI=1S/C18H20N2O4/c1-23-15-8-7-12(10-16(15)24-2)19-18(22)20-17-13-6-4-3-5-11(13)9-14(17)21/h3-8,10,14,17,21H,9H2,1-2H3,(H2,19,20,22)/t14-,17+/m0/s1. The minimum absolute atomic E-state index is 0.386. The van der Waals surface area contributed by atoms with Gasteiger partial charge in [-0.3, -0.25) is 0 Å². The Bertz CT molecular complexity index is 748. The maximum Gasteiger partial charge on any atom is 0.319 e. The van der Waals surface area contributed by atoms with E-state index in [1.807, 2.05) is 24.3 Å². The molecule has 1 aliphatic rings. The summed E-state index contributed by atoms with van der Waals surface area (Å²) in [4.78, 5) is 12.3. The number of nitrogens with one attached hydrogen (secondary N) is 2. The topological polar surface area (TPSA) is 79.8 Å². The van der Waals surface area contributed by atoms with Crippen LogP contribution in [-0.2, 0) is 6.42 Å². The number of anilines is 1. The molecule has 126 valence electrons. The highest BCUT2D eigenvalue weighted by molar-refractivity contribution is 5.90. The number of carbonyl (C=O) groups is 1. The second kappa shape index (κ2) is 6.80. The van der Waals surface area contributed by atoms with Crippen molar-refractivity contribution in [1.29, 1.82) is 0 Å². The molecule has 0 aliphatic heterocycles. The number of ether oxygens (including phenoxy) is 2. The molecule has 0 spiro atoms. The number of aliphatic hydroxyl groups is 1. The molecule has 0 unspecified atom stereocenters. The Hall–Kier alpha value is -2.73. The number of aliphatic hydroxyl groups excluding tert-OH is 1. The third-order valence-electron chi connectivity index (χ3n) is 4.13. The van der Waals surface area contributed by atoms with Crippen molar-refractivity contribution < 1.29 is 19.4 Å². The number of urea groups is 1. The highest BCUT2D eigenvalue weighted by Gasteiger charge is 2.31. The van der Waals surface area contributed by atoms with E-state index < -0.39 is 12.1 Å². The molecule has 2 amide bonds. The Morgan fingerprint density at radius 1 is 1.12 bits per heavy atom. The van der Waals surface area contributed by atoms with Gasteiger partial charge in [0.2, 0.25) is 0 Å². The largest absolute Gasteiger partial charge is 0.493 e. The normalized spacial score (nSPS) is 18.6. The van der Waals surface area contributed by atoms with Gasteiger partial charge in [-0.05, 0) is 23.3 Å². The van der Waals surface area contributed by atoms with Gasteiger partial charge in [0, 0.05) is 18.2 Å². The molecule has 0 saturated carbocycles. The first-order chi connectivity index (χ1) is 11.6. The lowest BCUT2D eigenvalue weighted by atomic mass is 10.1. The first-order valence-electron chi connectivity index (χ1n) is 7.67. The van der Waals surface area contributed by atoms with Crippen molar-refractivity contribution in [3.63, 3.8) is 0 Å². The average molecular weight is 328 g/mol. The van der Waals surface area contributed by atoms with Gasteiger partial charge in [0.05, 0.1) is 26.4 Å². The van der Waals surface area contributed by atoms with Crippen LogP contribution in [0.2, 0.25) is 0 Å². The first-order valence-corrected chi connectivity index (χ1v) is 7.67. The lowest BCUT2D eigenvalue weighted by Gasteiger charge is -2.18. The van der Waals surface area contributed by atoms with Crippen molar-refractivity contribution in [2.75, 3.05) is 19.5 Å². The van der Waals surface area contributed by atoms with Gasteiger partial charge in [-0.15, -0.1) is 0 Å². The number of benzene rings is 2. The van der Waals surface area contributed by atoms with E-state index in [-0.39, 0.29) is 6.03 Å². The van der Waals surface area contributed by atoms with Crippen LogP contribution >= 0.6 is 0 Å². The summed E-state index contributed by atoms with van der Waals surface area (Å²) in [6.45, 7) is 0. The molecular weight excluding hydrogens is 308 g/mol. The van der Waals surface area contributed by atoms with Gasteiger partial charge in [-0.25, -0.2) is 4.79 Å². The molecule has 2 aromatic carbocycles. The maximum atomic E-state index is 12.3. The van der Waals surface area contributed by atoms with E-state index in [9.17, 15) is 9.90 Å².